The van der Waals surface area contributed by atoms with Gasteiger partial charge in [-0.3, -0.25) is 4.79 Å². The van der Waals surface area contributed by atoms with Crippen LogP contribution in [0.25, 0.3) is 0 Å². The van der Waals surface area contributed by atoms with Crippen LogP contribution in [0.4, 0.5) is 4.39 Å². The van der Waals surface area contributed by atoms with Gasteiger partial charge >= 0.3 is 0 Å². The summed E-state index contributed by atoms with van der Waals surface area (Å²) in [7, 11) is -3.91. The van der Waals surface area contributed by atoms with Crippen LogP contribution in [0.3, 0.4) is 0 Å². The Labute approximate surface area is 137 Å². The molecule has 2 N–H and O–H groups in total. The second-order valence-corrected chi connectivity index (χ2v) is 7.89. The summed E-state index contributed by atoms with van der Waals surface area (Å²) in [4.78, 5) is 14.2. The number of primary sulfonamides is 1. The third kappa shape index (κ3) is 3.29. The van der Waals surface area contributed by atoms with Gasteiger partial charge in [0.1, 0.15) is 15.6 Å². The molecule has 0 radical (unpaired) electrons. The fraction of sp³-hybridized carbons (Fsp3) is 0.267. The number of likely N-dealkylation sites (tertiary alicyclic amines) is 1. The molecule has 1 saturated heterocycles. The zero-order valence-corrected chi connectivity index (χ0v) is 13.7. The molecule has 3 rings (SSSR count). The van der Waals surface area contributed by atoms with Crippen LogP contribution < -0.4 is 5.14 Å². The minimum atomic E-state index is -3.91. The Hall–Kier alpha value is -1.77. The summed E-state index contributed by atoms with van der Waals surface area (Å²) < 4.78 is 36.0. The Morgan fingerprint density at radius 2 is 1.96 bits per heavy atom. The van der Waals surface area contributed by atoms with Crippen LogP contribution in [-0.2, 0) is 10.0 Å². The number of nitrogens with zero attached hydrogens (tertiary/aromatic N) is 1. The average molecular weight is 354 g/mol. The predicted octanol–water partition coefficient (Wildman–Crippen LogP) is 2.16. The van der Waals surface area contributed by atoms with Crippen molar-refractivity contribution in [3.63, 3.8) is 0 Å². The summed E-state index contributed by atoms with van der Waals surface area (Å²) in [6.45, 7) is 1.01. The number of thiophene rings is 1. The van der Waals surface area contributed by atoms with Crippen molar-refractivity contribution in [1.29, 1.82) is 0 Å². The zero-order chi connectivity index (χ0) is 16.6. The molecule has 0 saturated carbocycles. The van der Waals surface area contributed by atoms with E-state index in [-0.39, 0.29) is 27.4 Å². The molecule has 1 fully saturated rings. The van der Waals surface area contributed by atoms with Gasteiger partial charge in [-0.25, -0.2) is 17.9 Å². The first-order chi connectivity index (χ1) is 10.9. The highest BCUT2D eigenvalue weighted by Gasteiger charge is 2.31. The first kappa shape index (κ1) is 16.1. The van der Waals surface area contributed by atoms with Crippen molar-refractivity contribution in [2.45, 2.75) is 17.2 Å². The third-order valence-corrected chi connectivity index (χ3v) is 5.93. The Bertz CT molecular complexity index is 831. The van der Waals surface area contributed by atoms with Crippen LogP contribution in [-0.4, -0.2) is 32.3 Å². The van der Waals surface area contributed by atoms with E-state index in [0.29, 0.717) is 13.1 Å². The van der Waals surface area contributed by atoms with Crippen LogP contribution in [0.5, 0.6) is 0 Å². The molecule has 1 aromatic carbocycles. The Kier molecular flexibility index (Phi) is 4.22. The molecule has 0 aliphatic carbocycles. The number of carbonyl (C=O) groups excluding carboxylic acids is 1. The van der Waals surface area contributed by atoms with E-state index in [1.807, 2.05) is 0 Å². The second-order valence-electron chi connectivity index (χ2n) is 5.45. The maximum atomic E-state index is 13.0. The lowest BCUT2D eigenvalue weighted by Gasteiger charge is -2.16. The monoisotopic (exact) mass is 354 g/mol. The van der Waals surface area contributed by atoms with E-state index in [2.05, 4.69) is 0 Å². The van der Waals surface area contributed by atoms with E-state index < -0.39 is 10.0 Å². The predicted molar refractivity (Wildman–Crippen MR) is 85.4 cm³/mol. The SMILES string of the molecule is NS(=O)(=O)c1ccsc1C(=O)N1CC[C@@H](c2ccc(F)cc2)C1. The summed E-state index contributed by atoms with van der Waals surface area (Å²) in [6, 6.07) is 7.58. The number of benzene rings is 1. The summed E-state index contributed by atoms with van der Waals surface area (Å²) in [6.07, 6.45) is 0.757. The molecule has 0 bridgehead atoms. The van der Waals surface area contributed by atoms with Crippen LogP contribution in [0, 0.1) is 5.82 Å². The standard InChI is InChI=1S/C15H15FN2O3S2/c16-12-3-1-10(2-4-12)11-5-7-18(9-11)15(19)14-13(6-8-22-14)23(17,20)21/h1-4,6,8,11H,5,7,9H2,(H2,17,20,21)/t11-/m1/s1. The summed E-state index contributed by atoms with van der Waals surface area (Å²) >= 11 is 1.07. The number of amides is 1. The number of sulfonamides is 1. The van der Waals surface area contributed by atoms with Crippen LogP contribution in [0.1, 0.15) is 27.6 Å². The van der Waals surface area contributed by atoms with Gasteiger partial charge in [0, 0.05) is 19.0 Å². The number of rotatable bonds is 3. The molecule has 5 nitrogen and oxygen atoms in total. The molecule has 8 heteroatoms. The Morgan fingerprint density at radius 3 is 2.61 bits per heavy atom. The van der Waals surface area contributed by atoms with E-state index in [4.69, 9.17) is 5.14 Å². The van der Waals surface area contributed by atoms with Crippen molar-refractivity contribution in [3.8, 4) is 0 Å². The molecule has 2 heterocycles. The van der Waals surface area contributed by atoms with E-state index in [9.17, 15) is 17.6 Å². The smallest absolute Gasteiger partial charge is 0.265 e. The highest BCUT2D eigenvalue weighted by Crippen LogP contribution is 2.30. The molecule has 0 unspecified atom stereocenters. The Balaban J connectivity index is 1.78. The number of halogens is 1. The molecule has 1 aromatic heterocycles. The topological polar surface area (TPSA) is 80.5 Å². The quantitative estimate of drug-likeness (QED) is 0.917. The van der Waals surface area contributed by atoms with E-state index in [1.165, 1.54) is 18.2 Å². The lowest BCUT2D eigenvalue weighted by atomic mass is 9.99. The summed E-state index contributed by atoms with van der Waals surface area (Å²) in [5.74, 6) is -0.498. The number of carbonyl (C=O) groups is 1. The van der Waals surface area contributed by atoms with Crippen molar-refractivity contribution < 1.29 is 17.6 Å². The molecule has 0 spiro atoms. The first-order valence-electron chi connectivity index (χ1n) is 7.01. The van der Waals surface area contributed by atoms with Crippen molar-refractivity contribution in [3.05, 3.63) is 52.0 Å². The minimum absolute atomic E-state index is 0.123. The van der Waals surface area contributed by atoms with Gasteiger partial charge in [0.2, 0.25) is 10.0 Å². The Morgan fingerprint density at radius 1 is 1.26 bits per heavy atom. The summed E-state index contributed by atoms with van der Waals surface area (Å²) in [5.41, 5.74) is 0.972. The van der Waals surface area contributed by atoms with E-state index >= 15 is 0 Å². The molecule has 2 aromatic rings. The van der Waals surface area contributed by atoms with Crippen LogP contribution >= 0.6 is 11.3 Å². The molecule has 1 aliphatic heterocycles. The second kappa shape index (κ2) is 6.03. The molecular weight excluding hydrogens is 339 g/mol. The zero-order valence-electron chi connectivity index (χ0n) is 12.1. The molecule has 1 amide bonds. The maximum Gasteiger partial charge on any atom is 0.265 e. The number of nitrogens with two attached hydrogens (primary N) is 1. The molecular formula is C15H15FN2O3S2. The van der Waals surface area contributed by atoms with E-state index in [0.717, 1.165) is 23.3 Å². The third-order valence-electron chi connectivity index (χ3n) is 3.95. The van der Waals surface area contributed by atoms with Crippen molar-refractivity contribution in [2.75, 3.05) is 13.1 Å². The van der Waals surface area contributed by atoms with Crippen molar-refractivity contribution >= 4 is 27.3 Å². The number of hydrogen-bond donors (Lipinski definition) is 1. The highest BCUT2D eigenvalue weighted by molar-refractivity contribution is 7.89. The molecule has 23 heavy (non-hydrogen) atoms. The van der Waals surface area contributed by atoms with Gasteiger partial charge in [0.15, 0.2) is 0 Å². The largest absolute Gasteiger partial charge is 0.337 e. The molecule has 1 atom stereocenters. The van der Waals surface area contributed by atoms with Gasteiger partial charge in [0.25, 0.3) is 5.91 Å². The van der Waals surface area contributed by atoms with Gasteiger partial charge in [-0.15, -0.1) is 11.3 Å². The van der Waals surface area contributed by atoms with E-state index in [1.54, 1.807) is 22.4 Å². The fourth-order valence-electron chi connectivity index (χ4n) is 2.77. The van der Waals surface area contributed by atoms with Crippen molar-refractivity contribution in [1.82, 2.24) is 4.90 Å². The molecule has 122 valence electrons. The van der Waals surface area contributed by atoms with Crippen LogP contribution in [0.2, 0.25) is 0 Å². The van der Waals surface area contributed by atoms with Gasteiger partial charge in [0.05, 0.1) is 0 Å². The first-order valence-corrected chi connectivity index (χ1v) is 9.44. The van der Waals surface area contributed by atoms with Crippen molar-refractivity contribution in [2.24, 2.45) is 5.14 Å². The normalized spacial score (nSPS) is 18.3. The fourth-order valence-corrected chi connectivity index (χ4v) is 4.71. The average Bonchev–Trinajstić information content (AvgIpc) is 3.16. The van der Waals surface area contributed by atoms with Gasteiger partial charge in [-0.05, 0) is 35.6 Å². The lowest BCUT2D eigenvalue weighted by Crippen LogP contribution is -2.29. The maximum absolute atomic E-state index is 13.0. The van der Waals surface area contributed by atoms with Gasteiger partial charge < -0.3 is 4.90 Å². The molecule has 1 aliphatic rings. The summed E-state index contributed by atoms with van der Waals surface area (Å²) in [5, 5.41) is 6.69. The minimum Gasteiger partial charge on any atom is -0.337 e. The number of hydrogen-bond acceptors (Lipinski definition) is 4. The van der Waals surface area contributed by atoms with Gasteiger partial charge in [-0.1, -0.05) is 12.1 Å². The van der Waals surface area contributed by atoms with Gasteiger partial charge in [-0.2, -0.15) is 0 Å². The highest BCUT2D eigenvalue weighted by atomic mass is 32.2. The lowest BCUT2D eigenvalue weighted by molar-refractivity contribution is 0.0792. The van der Waals surface area contributed by atoms with Crippen LogP contribution in [0.15, 0.2) is 40.6 Å².